The smallest absolute Gasteiger partial charge is 0.241 e. The minimum absolute atomic E-state index is 0.174. The van der Waals surface area contributed by atoms with Crippen LogP contribution in [0.3, 0.4) is 0 Å². The van der Waals surface area contributed by atoms with Crippen molar-refractivity contribution < 1.29 is 5.11 Å². The predicted molar refractivity (Wildman–Crippen MR) is 78.6 cm³/mol. The van der Waals surface area contributed by atoms with E-state index in [1.807, 2.05) is 0 Å². The lowest BCUT2D eigenvalue weighted by atomic mass is 9.95. The third-order valence-electron chi connectivity index (χ3n) is 3.66. The van der Waals surface area contributed by atoms with E-state index < -0.39 is 0 Å². The van der Waals surface area contributed by atoms with Gasteiger partial charge in [-0.25, -0.2) is 4.98 Å². The average Bonchev–Trinajstić information content (AvgIpc) is 3.01. The molecule has 8 heteroatoms. The highest BCUT2D eigenvalue weighted by atomic mass is 35.5. The van der Waals surface area contributed by atoms with E-state index in [0.29, 0.717) is 17.8 Å². The van der Waals surface area contributed by atoms with Crippen molar-refractivity contribution in [2.24, 2.45) is 5.92 Å². The fraction of sp³-hybridized carbons (Fsp3) is 0.538. The molecule has 0 bridgehead atoms. The van der Waals surface area contributed by atoms with E-state index in [-0.39, 0.29) is 11.9 Å². The topological polar surface area (TPSA) is 80.0 Å². The first kappa shape index (κ1) is 14.2. The van der Waals surface area contributed by atoms with E-state index in [9.17, 15) is 0 Å². The fourth-order valence-electron chi connectivity index (χ4n) is 2.63. The van der Waals surface area contributed by atoms with Gasteiger partial charge in [0.05, 0.1) is 0 Å². The number of hydrogen-bond acceptors (Lipinski definition) is 6. The Morgan fingerprint density at radius 1 is 1.29 bits per heavy atom. The summed E-state index contributed by atoms with van der Waals surface area (Å²) in [5.41, 5.74) is 0. The van der Waals surface area contributed by atoms with Gasteiger partial charge in [-0.15, -0.1) is 0 Å². The van der Waals surface area contributed by atoms with E-state index in [1.165, 1.54) is 0 Å². The zero-order valence-electron chi connectivity index (χ0n) is 11.6. The Labute approximate surface area is 127 Å². The molecule has 112 valence electrons. The van der Waals surface area contributed by atoms with Crippen molar-refractivity contribution in [3.05, 3.63) is 24.0 Å². The second-order valence-corrected chi connectivity index (χ2v) is 5.48. The number of aromatic nitrogens is 5. The van der Waals surface area contributed by atoms with E-state index in [1.54, 1.807) is 23.3 Å². The molecule has 0 spiro atoms. The van der Waals surface area contributed by atoms with Crippen LogP contribution in [0.4, 0.5) is 5.95 Å². The summed E-state index contributed by atoms with van der Waals surface area (Å²) in [6.45, 7) is 1.95. The Morgan fingerprint density at radius 3 is 2.90 bits per heavy atom. The standard InChI is InChI=1S/C13H17ClN6O/c14-11-16-12(18-13(17-11)20-6-4-15-9-20)19-5-1-2-10(8-19)3-7-21/h4,6,9-10,21H,1-3,5,7-8H2. The molecular formula is C13H17ClN6O. The van der Waals surface area contributed by atoms with E-state index >= 15 is 0 Å². The summed E-state index contributed by atoms with van der Waals surface area (Å²) in [6, 6.07) is 0. The first-order valence-electron chi connectivity index (χ1n) is 7.02. The lowest BCUT2D eigenvalue weighted by Crippen LogP contribution is -2.37. The van der Waals surface area contributed by atoms with Crippen molar-refractivity contribution in [3.63, 3.8) is 0 Å². The highest BCUT2D eigenvalue weighted by Gasteiger charge is 2.22. The van der Waals surface area contributed by atoms with Gasteiger partial charge in [-0.3, -0.25) is 4.57 Å². The third kappa shape index (κ3) is 3.30. The van der Waals surface area contributed by atoms with Gasteiger partial charge in [0.15, 0.2) is 0 Å². The molecule has 0 saturated carbocycles. The van der Waals surface area contributed by atoms with Gasteiger partial charge >= 0.3 is 0 Å². The summed E-state index contributed by atoms with van der Waals surface area (Å²) in [7, 11) is 0. The molecule has 3 heterocycles. The lowest BCUT2D eigenvalue weighted by molar-refractivity contribution is 0.244. The molecular weight excluding hydrogens is 292 g/mol. The number of aliphatic hydroxyl groups excluding tert-OH is 1. The van der Waals surface area contributed by atoms with E-state index in [0.717, 1.165) is 32.4 Å². The number of aliphatic hydroxyl groups is 1. The van der Waals surface area contributed by atoms with Crippen molar-refractivity contribution in [3.8, 4) is 5.95 Å². The fourth-order valence-corrected chi connectivity index (χ4v) is 2.78. The second-order valence-electron chi connectivity index (χ2n) is 5.14. The van der Waals surface area contributed by atoms with E-state index in [2.05, 4.69) is 24.8 Å². The van der Waals surface area contributed by atoms with Crippen LogP contribution in [0.25, 0.3) is 5.95 Å². The molecule has 1 saturated heterocycles. The molecule has 1 N–H and O–H groups in total. The molecule has 0 radical (unpaired) electrons. The quantitative estimate of drug-likeness (QED) is 0.917. The molecule has 1 unspecified atom stereocenters. The maximum atomic E-state index is 9.10. The zero-order valence-corrected chi connectivity index (χ0v) is 12.3. The first-order valence-corrected chi connectivity index (χ1v) is 7.40. The Kier molecular flexibility index (Phi) is 4.31. The molecule has 7 nitrogen and oxygen atoms in total. The van der Waals surface area contributed by atoms with Gasteiger partial charge in [-0.05, 0) is 36.8 Å². The van der Waals surface area contributed by atoms with Gasteiger partial charge in [-0.1, -0.05) is 0 Å². The number of nitrogens with zero attached hydrogens (tertiary/aromatic N) is 6. The molecule has 0 aliphatic carbocycles. The number of halogens is 1. The summed E-state index contributed by atoms with van der Waals surface area (Å²) in [6.07, 6.45) is 8.05. The molecule has 2 aromatic rings. The third-order valence-corrected chi connectivity index (χ3v) is 3.83. The first-order chi connectivity index (χ1) is 10.3. The van der Waals surface area contributed by atoms with Gasteiger partial charge in [0.25, 0.3) is 0 Å². The van der Waals surface area contributed by atoms with Crippen molar-refractivity contribution in [2.75, 3.05) is 24.6 Å². The normalized spacial score (nSPS) is 19.0. The van der Waals surface area contributed by atoms with Crippen molar-refractivity contribution in [1.82, 2.24) is 24.5 Å². The molecule has 1 aliphatic heterocycles. The number of piperidine rings is 1. The van der Waals surface area contributed by atoms with Crippen LogP contribution < -0.4 is 4.90 Å². The summed E-state index contributed by atoms with van der Waals surface area (Å²) in [4.78, 5) is 18.9. The Balaban J connectivity index is 1.84. The van der Waals surface area contributed by atoms with Crippen molar-refractivity contribution in [2.45, 2.75) is 19.3 Å². The molecule has 1 fully saturated rings. The SMILES string of the molecule is OCCC1CCCN(c2nc(Cl)nc(-n3ccnc3)n2)C1. The van der Waals surface area contributed by atoms with Crippen molar-refractivity contribution >= 4 is 17.5 Å². The van der Waals surface area contributed by atoms with Gasteiger partial charge < -0.3 is 10.0 Å². The van der Waals surface area contributed by atoms with Crippen LogP contribution in [-0.4, -0.2) is 49.3 Å². The minimum Gasteiger partial charge on any atom is -0.396 e. The summed E-state index contributed by atoms with van der Waals surface area (Å²) in [5.74, 6) is 1.52. The summed E-state index contributed by atoms with van der Waals surface area (Å²) >= 11 is 6.02. The molecule has 2 aromatic heterocycles. The average molecular weight is 309 g/mol. The predicted octanol–water partition coefficient (Wildman–Crippen LogP) is 1.31. The second kappa shape index (κ2) is 6.36. The number of hydrogen-bond donors (Lipinski definition) is 1. The molecule has 1 atom stereocenters. The number of imidazole rings is 1. The van der Waals surface area contributed by atoms with Crippen LogP contribution in [0, 0.1) is 5.92 Å². The summed E-state index contributed by atoms with van der Waals surface area (Å²) < 4.78 is 1.70. The monoisotopic (exact) mass is 308 g/mol. The van der Waals surface area contributed by atoms with Crippen molar-refractivity contribution in [1.29, 1.82) is 0 Å². The van der Waals surface area contributed by atoms with E-state index in [4.69, 9.17) is 16.7 Å². The highest BCUT2D eigenvalue weighted by molar-refractivity contribution is 6.28. The number of anilines is 1. The zero-order chi connectivity index (χ0) is 14.7. The molecule has 21 heavy (non-hydrogen) atoms. The van der Waals surface area contributed by atoms with Gasteiger partial charge in [-0.2, -0.15) is 15.0 Å². The largest absolute Gasteiger partial charge is 0.396 e. The Hall–Kier alpha value is -1.73. The molecule has 3 rings (SSSR count). The number of rotatable bonds is 4. The van der Waals surface area contributed by atoms with Crippen LogP contribution in [0.15, 0.2) is 18.7 Å². The van der Waals surface area contributed by atoms with Crippen LogP contribution >= 0.6 is 11.6 Å². The molecule has 1 aliphatic rings. The maximum Gasteiger partial charge on any atom is 0.241 e. The van der Waals surface area contributed by atoms with Gasteiger partial charge in [0.2, 0.25) is 17.2 Å². The van der Waals surface area contributed by atoms with Crippen LogP contribution in [0.2, 0.25) is 5.28 Å². The van der Waals surface area contributed by atoms with Gasteiger partial charge in [0, 0.05) is 32.1 Å². The highest BCUT2D eigenvalue weighted by Crippen LogP contribution is 2.23. The lowest BCUT2D eigenvalue weighted by Gasteiger charge is -2.32. The Morgan fingerprint density at radius 2 is 2.14 bits per heavy atom. The van der Waals surface area contributed by atoms with Crippen LogP contribution in [-0.2, 0) is 0 Å². The van der Waals surface area contributed by atoms with Crippen LogP contribution in [0.5, 0.6) is 0 Å². The van der Waals surface area contributed by atoms with Crippen LogP contribution in [0.1, 0.15) is 19.3 Å². The molecule has 0 aromatic carbocycles. The summed E-state index contributed by atoms with van der Waals surface area (Å²) in [5, 5.41) is 9.27. The molecule has 0 amide bonds. The maximum absolute atomic E-state index is 9.10. The minimum atomic E-state index is 0.174. The van der Waals surface area contributed by atoms with Gasteiger partial charge in [0.1, 0.15) is 6.33 Å². The Bertz CT molecular complexity index is 588.